The molecule has 48 heavy (non-hydrogen) atoms. The number of hydrogen-bond acceptors (Lipinski definition) is 3. The number of anilines is 1. The van der Waals surface area contributed by atoms with Crippen LogP contribution in [0.5, 0.6) is 5.75 Å². The fraction of sp³-hybridized carbons (Fsp3) is 0.381. The van der Waals surface area contributed by atoms with Crippen LogP contribution in [-0.4, -0.2) is 31.8 Å². The maximum absolute atomic E-state index is 12.5. The summed E-state index contributed by atoms with van der Waals surface area (Å²) in [5, 5.41) is 2.96. The van der Waals surface area contributed by atoms with Gasteiger partial charge in [-0.1, -0.05) is 104 Å². The van der Waals surface area contributed by atoms with Crippen molar-refractivity contribution in [3.05, 3.63) is 132 Å². The average Bonchev–Trinajstić information content (AvgIpc) is 3.60. The van der Waals surface area contributed by atoms with E-state index in [0.29, 0.717) is 18.7 Å². The van der Waals surface area contributed by atoms with Gasteiger partial charge >= 0.3 is 51.4 Å². The fourth-order valence-electron chi connectivity index (χ4n) is 3.39. The molecule has 1 heterocycles. The zero-order valence-corrected chi connectivity index (χ0v) is 35.7. The van der Waals surface area contributed by atoms with Gasteiger partial charge in [0.15, 0.2) is 0 Å². The van der Waals surface area contributed by atoms with E-state index in [9.17, 15) is 4.79 Å². The van der Waals surface area contributed by atoms with Crippen LogP contribution in [-0.2, 0) is 0 Å². The molecule has 0 bridgehead atoms. The molecule has 0 saturated heterocycles. The van der Waals surface area contributed by atoms with E-state index in [4.69, 9.17) is 10.5 Å². The predicted octanol–water partition coefficient (Wildman–Crippen LogP) is 9.76. The molecule has 0 fully saturated rings. The Kier molecular flexibility index (Phi) is 38.9. The van der Waals surface area contributed by atoms with Gasteiger partial charge < -0.3 is 15.8 Å². The molecule has 4 rings (SSSR count). The third kappa shape index (κ3) is 22.9. The minimum Gasteiger partial charge on any atom is -0.678 e. The monoisotopic (exact) mass is 681 g/mol. The van der Waals surface area contributed by atoms with Crippen LogP contribution in [0.3, 0.4) is 0 Å². The normalized spacial score (nSPS) is 9.85. The molecule has 2 N–H and O–H groups in total. The van der Waals surface area contributed by atoms with Crippen LogP contribution < -0.4 is 61.4 Å². The molecule has 1 aliphatic rings. The number of methoxy groups -OCH3 is 1. The van der Waals surface area contributed by atoms with E-state index < -0.39 is 0 Å². The maximum Gasteiger partial charge on any atom is 1.00 e. The third-order valence-corrected chi connectivity index (χ3v) is 5.90. The van der Waals surface area contributed by atoms with Crippen molar-refractivity contribution in [3.63, 3.8) is 0 Å². The van der Waals surface area contributed by atoms with Gasteiger partial charge in [-0.2, -0.15) is 6.54 Å². The van der Waals surface area contributed by atoms with Gasteiger partial charge in [0.1, 0.15) is 5.75 Å². The molecule has 0 spiro atoms. The quantitative estimate of drug-likeness (QED) is 0.208. The summed E-state index contributed by atoms with van der Waals surface area (Å²) >= 11 is 0. The van der Waals surface area contributed by atoms with Crippen molar-refractivity contribution in [1.82, 2.24) is 0 Å². The van der Waals surface area contributed by atoms with Gasteiger partial charge in [0.2, 0.25) is 0 Å². The standard InChI is InChI=1S/C26H24N2O2.C4H10.2C3H6.C2H6N.2C2H6.K/c1-17-4-5-21(14-18(17)2)26(29)28-23-10-6-20(7-11-23)25-15-22(16-27-25)19-8-12-24(30-3)13-9-19;1-3-4-2;2*1-3-2;1-2-3;2*1-2;/h4-15H,16H2,1-3H3,(H,28,29);3-4H2,1-2H3;2*3H,1H2,2H3;3H,2H2,1H3;2*1-2H3;/q;;;;-1;;;+1. The molecule has 1 aliphatic heterocycles. The van der Waals surface area contributed by atoms with Crippen LogP contribution in [0, 0.1) is 13.8 Å². The number of ether oxygens (including phenoxy) is 1. The van der Waals surface area contributed by atoms with Crippen LogP contribution in [0.15, 0.2) is 103 Å². The Balaban J connectivity index is -0.000000457. The van der Waals surface area contributed by atoms with Crippen molar-refractivity contribution in [2.45, 2.75) is 89.0 Å². The molecular weight excluding hydrogens is 618 g/mol. The number of amides is 1. The van der Waals surface area contributed by atoms with Crippen LogP contribution in [0.2, 0.25) is 0 Å². The van der Waals surface area contributed by atoms with Crippen molar-refractivity contribution in [2.24, 2.45) is 4.99 Å². The van der Waals surface area contributed by atoms with Gasteiger partial charge in [0, 0.05) is 11.3 Å². The summed E-state index contributed by atoms with van der Waals surface area (Å²) in [7, 11) is 1.67. The van der Waals surface area contributed by atoms with Crippen LogP contribution in [0.25, 0.3) is 11.3 Å². The van der Waals surface area contributed by atoms with E-state index in [1.54, 1.807) is 26.2 Å². The molecule has 0 saturated carbocycles. The molecule has 0 aliphatic carbocycles. The van der Waals surface area contributed by atoms with Crippen LogP contribution in [0.4, 0.5) is 5.69 Å². The third-order valence-electron chi connectivity index (χ3n) is 5.90. The molecule has 0 unspecified atom stereocenters. The summed E-state index contributed by atoms with van der Waals surface area (Å²) in [5.74, 6) is 0.739. The first-order valence-electron chi connectivity index (χ1n) is 16.9. The van der Waals surface area contributed by atoms with Gasteiger partial charge in [-0.25, -0.2) is 0 Å². The van der Waals surface area contributed by atoms with E-state index >= 15 is 0 Å². The molecule has 6 heteroatoms. The molecule has 3 aromatic rings. The summed E-state index contributed by atoms with van der Waals surface area (Å²) in [4.78, 5) is 17.2. The van der Waals surface area contributed by atoms with E-state index in [1.165, 1.54) is 24.0 Å². The van der Waals surface area contributed by atoms with E-state index in [0.717, 1.165) is 33.8 Å². The summed E-state index contributed by atoms with van der Waals surface area (Å²) in [6.45, 7) is 29.9. The first-order valence-corrected chi connectivity index (χ1v) is 16.9. The van der Waals surface area contributed by atoms with Gasteiger partial charge in [0.25, 0.3) is 5.91 Å². The molecule has 260 valence electrons. The topological polar surface area (TPSA) is 74.5 Å². The minimum atomic E-state index is -0.106. The Morgan fingerprint density at radius 3 is 1.71 bits per heavy atom. The zero-order chi connectivity index (χ0) is 36.6. The van der Waals surface area contributed by atoms with E-state index in [-0.39, 0.29) is 57.3 Å². The number of aliphatic imine (C=N–C) groups is 1. The second-order valence-corrected chi connectivity index (χ2v) is 9.60. The smallest absolute Gasteiger partial charge is 0.678 e. The first kappa shape index (κ1) is 52.2. The maximum atomic E-state index is 12.5. The van der Waals surface area contributed by atoms with Crippen LogP contribution >= 0.6 is 0 Å². The molecule has 1 amide bonds. The number of hydrogen-bond donors (Lipinski definition) is 1. The molecule has 0 aromatic heterocycles. The summed E-state index contributed by atoms with van der Waals surface area (Å²) in [5.41, 5.74) is 14.2. The molecule has 0 radical (unpaired) electrons. The van der Waals surface area contributed by atoms with E-state index in [1.807, 2.05) is 110 Å². The van der Waals surface area contributed by atoms with Crippen molar-refractivity contribution >= 4 is 22.9 Å². The average molecular weight is 682 g/mol. The number of rotatable bonds is 6. The number of allylic oxidation sites excluding steroid dienone is 3. The Labute approximate surface area is 337 Å². The first-order chi connectivity index (χ1) is 22.7. The Bertz CT molecular complexity index is 1290. The van der Waals surface area contributed by atoms with Crippen LogP contribution in [0.1, 0.15) is 108 Å². The summed E-state index contributed by atoms with van der Waals surface area (Å²) in [6.07, 6.45) is 8.25. The SMILES string of the molecule is C=CC.C=CC.CC.CC.CCCC.CC[NH-].COc1ccc(C2=CC(c3ccc(NC(=O)c4ccc(C)c(C)c4)cc3)=NC2)cc1.[K+]. The Morgan fingerprint density at radius 1 is 0.833 bits per heavy atom. The second-order valence-electron chi connectivity index (χ2n) is 9.60. The number of carbonyl (C=O) groups excluding carboxylic acids is 1. The van der Waals surface area contributed by atoms with Gasteiger partial charge in [-0.3, -0.25) is 9.79 Å². The second kappa shape index (κ2) is 35.7. The van der Waals surface area contributed by atoms with E-state index in [2.05, 4.69) is 55.5 Å². The number of carbonyl (C=O) groups is 1. The molecule has 0 atom stereocenters. The Morgan fingerprint density at radius 2 is 1.29 bits per heavy atom. The van der Waals surface area contributed by atoms with Gasteiger partial charge in [0.05, 0.1) is 19.4 Å². The van der Waals surface area contributed by atoms with Crippen molar-refractivity contribution in [3.8, 4) is 5.75 Å². The van der Waals surface area contributed by atoms with Crippen molar-refractivity contribution in [1.29, 1.82) is 0 Å². The number of nitrogens with zero attached hydrogens (tertiary/aromatic N) is 1. The minimum absolute atomic E-state index is 0. The molecular formula is C42H64KN3O2. The summed E-state index contributed by atoms with van der Waals surface area (Å²) in [6, 6.07) is 21.6. The molecule has 3 aromatic carbocycles. The largest absolute Gasteiger partial charge is 1.00 e. The fourth-order valence-corrected chi connectivity index (χ4v) is 3.39. The number of unbranched alkanes of at least 4 members (excludes halogenated alkanes) is 1. The zero-order valence-electron chi connectivity index (χ0n) is 32.6. The number of benzene rings is 3. The number of nitrogens with one attached hydrogen (secondary N) is 2. The Hall–Kier alpha value is -2.58. The predicted molar refractivity (Wildman–Crippen MR) is 213 cm³/mol. The van der Waals surface area contributed by atoms with Gasteiger partial charge in [-0.15, -0.1) is 13.2 Å². The summed E-state index contributed by atoms with van der Waals surface area (Å²) < 4.78 is 5.22. The van der Waals surface area contributed by atoms with Crippen molar-refractivity contribution in [2.75, 3.05) is 25.5 Å². The number of aryl methyl sites for hydroxylation is 2. The van der Waals surface area contributed by atoms with Gasteiger partial charge in [-0.05, 0) is 98.0 Å². The molecule has 5 nitrogen and oxygen atoms in total. The van der Waals surface area contributed by atoms with Crippen molar-refractivity contribution < 1.29 is 60.9 Å².